The van der Waals surface area contributed by atoms with Crippen LogP contribution in [0.4, 0.5) is 11.4 Å². The number of pyridine rings is 1. The van der Waals surface area contributed by atoms with Gasteiger partial charge in [-0.15, -0.1) is 0 Å². The third-order valence-corrected chi connectivity index (χ3v) is 5.50. The van der Waals surface area contributed by atoms with Crippen molar-refractivity contribution in [3.63, 3.8) is 0 Å². The first-order valence-corrected chi connectivity index (χ1v) is 10.3. The minimum absolute atomic E-state index is 0.105. The van der Waals surface area contributed by atoms with Crippen LogP contribution in [0.15, 0.2) is 107 Å². The first-order valence-electron chi connectivity index (χ1n) is 10.3. The zero-order valence-corrected chi connectivity index (χ0v) is 17.1. The van der Waals surface area contributed by atoms with E-state index < -0.39 is 0 Å². The number of nitrogens with one attached hydrogen (secondary N) is 1. The Labute approximate surface area is 184 Å². The Balaban J connectivity index is 1.33. The minimum atomic E-state index is 0.105. The van der Waals surface area contributed by atoms with Crippen LogP contribution >= 0.6 is 0 Å². The predicted octanol–water partition coefficient (Wildman–Crippen LogP) is 4.14. The number of quaternary nitrogens is 1. The highest BCUT2D eigenvalue weighted by atomic mass is 15.7. The maximum Gasteiger partial charge on any atom is 0.287 e. The molecule has 32 heavy (non-hydrogen) atoms. The number of rotatable bonds is 4. The summed E-state index contributed by atoms with van der Waals surface area (Å²) in [5.41, 5.74) is 4.02. The highest BCUT2D eigenvalue weighted by Crippen LogP contribution is 2.30. The number of guanidine groups is 1. The van der Waals surface area contributed by atoms with Gasteiger partial charge in [0.05, 0.1) is 30.7 Å². The second kappa shape index (κ2) is 7.36. The average molecular weight is 419 g/mol. The Bertz CT molecular complexity index is 1420. The largest absolute Gasteiger partial charge is 0.320 e. The van der Waals surface area contributed by atoms with Gasteiger partial charge >= 0.3 is 0 Å². The van der Waals surface area contributed by atoms with Gasteiger partial charge in [0, 0.05) is 23.3 Å². The molecule has 2 aromatic carbocycles. The highest BCUT2D eigenvalue weighted by molar-refractivity contribution is 6.38. The summed E-state index contributed by atoms with van der Waals surface area (Å²) >= 11 is 0. The monoisotopic (exact) mass is 419 g/mol. The van der Waals surface area contributed by atoms with Crippen LogP contribution < -0.4 is 9.91 Å². The van der Waals surface area contributed by atoms with Crippen molar-refractivity contribution in [1.29, 1.82) is 0 Å². The van der Waals surface area contributed by atoms with E-state index in [1.807, 2.05) is 53.5 Å². The summed E-state index contributed by atoms with van der Waals surface area (Å²) in [5.74, 6) is 1.22. The molecule has 1 unspecified atom stereocenters. The molecule has 2 aliphatic heterocycles. The first-order chi connectivity index (χ1) is 15.8. The fraction of sp³-hybridized carbons (Fsp3) is 0.0417. The molecule has 2 aliphatic rings. The molecule has 0 fully saturated rings. The van der Waals surface area contributed by atoms with E-state index in [9.17, 15) is 0 Å². The Hall–Kier alpha value is -4.43. The number of hydrogen-bond donors (Lipinski definition) is 1. The SMILES string of the molecule is C1=C[N+]2(c3cccnc3)N=C(Nc3ccc4cnn(Cc5ccccc5)c4c3)N=C2C=N1. The molecule has 2 aromatic heterocycles. The second-order valence-corrected chi connectivity index (χ2v) is 7.55. The number of aromatic nitrogens is 3. The van der Waals surface area contributed by atoms with Gasteiger partial charge in [-0.3, -0.25) is 14.7 Å². The topological polar surface area (TPSA) is 79.8 Å². The average Bonchev–Trinajstić information content (AvgIpc) is 3.42. The maximum atomic E-state index is 4.86. The molecular formula is C24H19N8+. The molecule has 4 aromatic rings. The van der Waals surface area contributed by atoms with Gasteiger partial charge in [-0.1, -0.05) is 34.9 Å². The zero-order valence-electron chi connectivity index (χ0n) is 17.1. The van der Waals surface area contributed by atoms with Gasteiger partial charge in [-0.05, 0) is 34.9 Å². The maximum absolute atomic E-state index is 4.86. The summed E-state index contributed by atoms with van der Waals surface area (Å²) in [6.45, 7) is 0.708. The molecule has 0 aliphatic carbocycles. The predicted molar refractivity (Wildman–Crippen MR) is 127 cm³/mol. The normalized spacial score (nSPS) is 19.0. The van der Waals surface area contributed by atoms with Crippen LogP contribution in [0.3, 0.4) is 0 Å². The van der Waals surface area contributed by atoms with Crippen molar-refractivity contribution in [1.82, 2.24) is 19.4 Å². The van der Waals surface area contributed by atoms with E-state index >= 15 is 0 Å². The van der Waals surface area contributed by atoms with Gasteiger partial charge in [-0.25, -0.2) is 0 Å². The Morgan fingerprint density at radius 2 is 1.91 bits per heavy atom. The lowest BCUT2D eigenvalue weighted by atomic mass is 10.2. The van der Waals surface area contributed by atoms with Gasteiger partial charge in [0.25, 0.3) is 11.8 Å². The van der Waals surface area contributed by atoms with Crippen molar-refractivity contribution in [2.24, 2.45) is 15.1 Å². The van der Waals surface area contributed by atoms with E-state index in [1.165, 1.54) is 5.56 Å². The Kier molecular flexibility index (Phi) is 4.22. The van der Waals surface area contributed by atoms with Gasteiger partial charge in [0.1, 0.15) is 6.21 Å². The number of amidine groups is 1. The molecule has 4 heterocycles. The van der Waals surface area contributed by atoms with Crippen LogP contribution in [0.1, 0.15) is 5.56 Å². The molecule has 0 amide bonds. The van der Waals surface area contributed by atoms with Gasteiger partial charge < -0.3 is 5.32 Å². The summed E-state index contributed by atoms with van der Waals surface area (Å²) < 4.78 is 2.11. The molecule has 0 saturated carbocycles. The van der Waals surface area contributed by atoms with E-state index in [4.69, 9.17) is 5.10 Å². The van der Waals surface area contributed by atoms with Gasteiger partial charge in [-0.2, -0.15) is 10.1 Å². The van der Waals surface area contributed by atoms with E-state index in [2.05, 4.69) is 49.6 Å². The van der Waals surface area contributed by atoms with E-state index in [0.29, 0.717) is 18.3 Å². The van der Waals surface area contributed by atoms with E-state index in [0.717, 1.165) is 22.3 Å². The lowest BCUT2D eigenvalue weighted by Gasteiger charge is -2.23. The summed E-state index contributed by atoms with van der Waals surface area (Å²) in [6.07, 6.45) is 10.8. The second-order valence-electron chi connectivity index (χ2n) is 7.55. The van der Waals surface area contributed by atoms with Crippen molar-refractivity contribution in [3.8, 4) is 0 Å². The Morgan fingerprint density at radius 3 is 2.78 bits per heavy atom. The number of hydrogen-bond acceptors (Lipinski definition) is 6. The molecule has 1 N–H and O–H groups in total. The Morgan fingerprint density at radius 1 is 0.969 bits per heavy atom. The number of fused-ring (bicyclic) bond motifs is 2. The lowest BCUT2D eigenvalue weighted by molar-refractivity contribution is 0.590. The summed E-state index contributed by atoms with van der Waals surface area (Å²) in [5, 5.41) is 13.9. The zero-order chi connectivity index (χ0) is 21.4. The number of nitrogens with zero attached hydrogens (tertiary/aromatic N) is 7. The third-order valence-electron chi connectivity index (χ3n) is 5.50. The van der Waals surface area contributed by atoms with Crippen molar-refractivity contribution in [2.45, 2.75) is 6.54 Å². The van der Waals surface area contributed by atoms with Crippen LogP contribution in [0.25, 0.3) is 10.9 Å². The molecule has 0 bridgehead atoms. The van der Waals surface area contributed by atoms with Crippen molar-refractivity contribution in [3.05, 3.63) is 97.2 Å². The quantitative estimate of drug-likeness (QED) is 0.505. The molecule has 0 spiro atoms. The van der Waals surface area contributed by atoms with Crippen molar-refractivity contribution >= 4 is 40.3 Å². The summed E-state index contributed by atoms with van der Waals surface area (Å²) in [7, 11) is 0. The fourth-order valence-electron chi connectivity index (χ4n) is 3.92. The fourth-order valence-corrected chi connectivity index (χ4v) is 3.92. The van der Waals surface area contributed by atoms with Crippen LogP contribution in [0, 0.1) is 0 Å². The molecule has 8 heteroatoms. The number of benzene rings is 2. The van der Waals surface area contributed by atoms with E-state index in [1.54, 1.807) is 24.8 Å². The third kappa shape index (κ3) is 3.10. The van der Waals surface area contributed by atoms with Crippen LogP contribution in [-0.2, 0) is 6.54 Å². The minimum Gasteiger partial charge on any atom is -0.320 e. The summed E-state index contributed by atoms with van der Waals surface area (Å²) in [6, 6.07) is 20.3. The van der Waals surface area contributed by atoms with Crippen LogP contribution in [0.5, 0.6) is 0 Å². The molecule has 154 valence electrons. The standard InChI is InChI=1S/C24H19N8/c1-2-5-18(6-3-1)17-31-22-13-20(9-8-19(22)14-27-31)28-24-29-23-16-26-11-12-32(23,30-24)21-7-4-10-25-15-21/h1-16H,17H2,(H,28,30)/q+1. The molecule has 0 saturated heterocycles. The van der Waals surface area contributed by atoms with Crippen molar-refractivity contribution < 1.29 is 0 Å². The van der Waals surface area contributed by atoms with Gasteiger partial charge in [0.15, 0.2) is 11.9 Å². The number of anilines is 1. The van der Waals surface area contributed by atoms with Crippen LogP contribution in [-0.4, -0.2) is 32.8 Å². The first kappa shape index (κ1) is 18.3. The molecule has 8 nitrogen and oxygen atoms in total. The molecular weight excluding hydrogens is 400 g/mol. The highest BCUT2D eigenvalue weighted by Gasteiger charge is 2.42. The number of aliphatic imine (C=N–C) groups is 2. The summed E-state index contributed by atoms with van der Waals surface area (Å²) in [4.78, 5) is 13.2. The van der Waals surface area contributed by atoms with Gasteiger partial charge in [0.2, 0.25) is 0 Å². The van der Waals surface area contributed by atoms with E-state index in [-0.39, 0.29) is 4.59 Å². The van der Waals surface area contributed by atoms with Crippen molar-refractivity contribution in [2.75, 3.05) is 5.32 Å². The molecule has 0 radical (unpaired) electrons. The molecule has 6 rings (SSSR count). The lowest BCUT2D eigenvalue weighted by Crippen LogP contribution is -2.44. The smallest absolute Gasteiger partial charge is 0.287 e. The molecule has 1 atom stereocenters. The van der Waals surface area contributed by atoms with Crippen LogP contribution in [0.2, 0.25) is 0 Å².